The summed E-state index contributed by atoms with van der Waals surface area (Å²) in [6.45, 7) is 0. The molecule has 0 radical (unpaired) electrons. The summed E-state index contributed by atoms with van der Waals surface area (Å²) in [5.74, 6) is 0.403. The van der Waals surface area contributed by atoms with Crippen molar-refractivity contribution in [2.75, 3.05) is 5.32 Å². The molecule has 3 aromatic rings. The molecular weight excluding hydrogens is 444 g/mol. The van der Waals surface area contributed by atoms with Gasteiger partial charge in [-0.3, -0.25) is 4.79 Å². The van der Waals surface area contributed by atoms with Crippen LogP contribution in [0.1, 0.15) is 48.7 Å². The first-order valence-electron chi connectivity index (χ1n) is 9.01. The summed E-state index contributed by atoms with van der Waals surface area (Å²) >= 11 is 6.53. The Kier molecular flexibility index (Phi) is 5.95. The summed E-state index contributed by atoms with van der Waals surface area (Å²) in [5, 5.41) is 15.8. The number of anilines is 1. The minimum atomic E-state index is -0.104. The topological polar surface area (TPSA) is 67.8 Å². The molecule has 5 nitrogen and oxygen atoms in total. The third-order valence-electron chi connectivity index (χ3n) is 4.61. The van der Waals surface area contributed by atoms with E-state index in [0.717, 1.165) is 25.7 Å². The highest BCUT2D eigenvalue weighted by molar-refractivity contribution is 9.10. The molecule has 27 heavy (non-hydrogen) atoms. The molecule has 1 saturated carbocycles. The zero-order chi connectivity index (χ0) is 18.6. The summed E-state index contributed by atoms with van der Waals surface area (Å²) in [7, 11) is 0. The quantitative estimate of drug-likeness (QED) is 0.531. The largest absolute Gasteiger partial charge is 0.300 e. The molecule has 0 unspecified atom stereocenters. The van der Waals surface area contributed by atoms with Crippen LogP contribution < -0.4 is 5.32 Å². The van der Waals surface area contributed by atoms with E-state index in [1.54, 1.807) is 11.3 Å². The fourth-order valence-corrected chi connectivity index (χ4v) is 5.41. The Morgan fingerprint density at radius 3 is 2.89 bits per heavy atom. The molecule has 1 aliphatic rings. The Morgan fingerprint density at radius 2 is 2.07 bits per heavy atom. The lowest BCUT2D eigenvalue weighted by Crippen LogP contribution is -2.14. The average molecular weight is 463 g/mol. The molecule has 0 bridgehead atoms. The van der Waals surface area contributed by atoms with Crippen molar-refractivity contribution in [2.24, 2.45) is 0 Å². The van der Waals surface area contributed by atoms with Crippen molar-refractivity contribution < 1.29 is 4.79 Å². The van der Waals surface area contributed by atoms with Gasteiger partial charge in [0.25, 0.3) is 0 Å². The standard InChI is InChI=1S/C19H19BrN4OS2/c20-14-8-4-7-13(9-14)17-21-15(11-26-17)10-16(25)22-19-24-23-18(27-19)12-5-2-1-3-6-12/h4,7-9,11-12H,1-3,5-6,10H2,(H,22,24,25). The molecule has 140 valence electrons. The number of halogens is 1. The van der Waals surface area contributed by atoms with Gasteiger partial charge in [-0.25, -0.2) is 4.98 Å². The molecule has 2 aromatic heterocycles. The van der Waals surface area contributed by atoms with Crippen molar-refractivity contribution in [1.29, 1.82) is 0 Å². The molecule has 4 rings (SSSR count). The SMILES string of the molecule is O=C(Cc1csc(-c2cccc(Br)c2)n1)Nc1nnc(C2CCCCC2)s1. The molecule has 1 aromatic carbocycles. The van der Waals surface area contributed by atoms with Crippen LogP contribution in [0, 0.1) is 0 Å². The highest BCUT2D eigenvalue weighted by atomic mass is 79.9. The highest BCUT2D eigenvalue weighted by Gasteiger charge is 2.20. The maximum Gasteiger partial charge on any atom is 0.232 e. The maximum absolute atomic E-state index is 12.4. The summed E-state index contributed by atoms with van der Waals surface area (Å²) < 4.78 is 1.01. The number of benzene rings is 1. The van der Waals surface area contributed by atoms with Crippen LogP contribution in [0.2, 0.25) is 0 Å². The fourth-order valence-electron chi connectivity index (χ4n) is 3.27. The number of carbonyl (C=O) groups excluding carboxylic acids is 1. The van der Waals surface area contributed by atoms with Crippen LogP contribution in [0.3, 0.4) is 0 Å². The van der Waals surface area contributed by atoms with Gasteiger partial charge in [-0.15, -0.1) is 21.5 Å². The lowest BCUT2D eigenvalue weighted by atomic mass is 9.90. The normalized spacial score (nSPS) is 15.0. The number of nitrogens with one attached hydrogen (secondary N) is 1. The smallest absolute Gasteiger partial charge is 0.232 e. The van der Waals surface area contributed by atoms with Crippen LogP contribution >= 0.6 is 38.6 Å². The molecule has 2 heterocycles. The molecule has 0 aliphatic heterocycles. The third-order valence-corrected chi connectivity index (χ3v) is 7.04. The van der Waals surface area contributed by atoms with Crippen molar-refractivity contribution in [1.82, 2.24) is 15.2 Å². The van der Waals surface area contributed by atoms with Gasteiger partial charge < -0.3 is 5.32 Å². The summed E-state index contributed by atoms with van der Waals surface area (Å²) in [6.07, 6.45) is 6.43. The van der Waals surface area contributed by atoms with Crippen molar-refractivity contribution in [3.05, 3.63) is 44.8 Å². The van der Waals surface area contributed by atoms with E-state index in [4.69, 9.17) is 0 Å². The van der Waals surface area contributed by atoms with E-state index in [0.29, 0.717) is 11.0 Å². The second-order valence-corrected chi connectivity index (χ2v) is 9.44. The van der Waals surface area contributed by atoms with E-state index in [1.165, 1.54) is 43.4 Å². The van der Waals surface area contributed by atoms with Crippen LogP contribution in [-0.4, -0.2) is 21.1 Å². The molecule has 1 N–H and O–H groups in total. The monoisotopic (exact) mass is 462 g/mol. The molecule has 0 atom stereocenters. The van der Waals surface area contributed by atoms with E-state index >= 15 is 0 Å². The van der Waals surface area contributed by atoms with Crippen molar-refractivity contribution >= 4 is 49.6 Å². The lowest BCUT2D eigenvalue weighted by molar-refractivity contribution is -0.115. The zero-order valence-corrected chi connectivity index (χ0v) is 17.9. The molecular formula is C19H19BrN4OS2. The van der Waals surface area contributed by atoms with Gasteiger partial charge in [-0.1, -0.05) is 58.7 Å². The Morgan fingerprint density at radius 1 is 1.22 bits per heavy atom. The fraction of sp³-hybridized carbons (Fsp3) is 0.368. The third kappa shape index (κ3) is 4.80. The molecule has 0 spiro atoms. The van der Waals surface area contributed by atoms with Crippen molar-refractivity contribution in [3.63, 3.8) is 0 Å². The van der Waals surface area contributed by atoms with E-state index in [9.17, 15) is 4.79 Å². The van der Waals surface area contributed by atoms with Crippen molar-refractivity contribution in [3.8, 4) is 10.6 Å². The number of amides is 1. The van der Waals surface area contributed by atoms with Gasteiger partial charge in [-0.05, 0) is 25.0 Å². The number of rotatable bonds is 5. The van der Waals surface area contributed by atoms with E-state index in [1.807, 2.05) is 29.6 Å². The van der Waals surface area contributed by atoms with E-state index < -0.39 is 0 Å². The van der Waals surface area contributed by atoms with Crippen LogP contribution in [0.15, 0.2) is 34.1 Å². The Labute approximate surface area is 174 Å². The van der Waals surface area contributed by atoms with Gasteiger partial charge >= 0.3 is 0 Å². The molecule has 0 saturated heterocycles. The predicted molar refractivity (Wildman–Crippen MR) is 113 cm³/mol. The number of hydrogen-bond acceptors (Lipinski definition) is 6. The van der Waals surface area contributed by atoms with Gasteiger partial charge in [0.05, 0.1) is 12.1 Å². The number of carbonyl (C=O) groups is 1. The summed E-state index contributed by atoms with van der Waals surface area (Å²) in [4.78, 5) is 16.9. The lowest BCUT2D eigenvalue weighted by Gasteiger charge is -2.18. The number of nitrogens with zero attached hydrogens (tertiary/aromatic N) is 3. The predicted octanol–water partition coefficient (Wildman–Crippen LogP) is 5.65. The molecule has 1 amide bonds. The second kappa shape index (κ2) is 8.58. The highest BCUT2D eigenvalue weighted by Crippen LogP contribution is 2.35. The van der Waals surface area contributed by atoms with Crippen molar-refractivity contribution in [2.45, 2.75) is 44.4 Å². The molecule has 1 aliphatic carbocycles. The minimum Gasteiger partial charge on any atom is -0.300 e. The molecule has 1 fully saturated rings. The molecule has 8 heteroatoms. The first-order chi connectivity index (χ1) is 13.2. The number of aromatic nitrogens is 3. The first kappa shape index (κ1) is 18.7. The number of thiazole rings is 1. The van der Waals surface area contributed by atoms with Gasteiger partial charge in [0, 0.05) is 21.3 Å². The van der Waals surface area contributed by atoms with E-state index in [-0.39, 0.29) is 12.3 Å². The minimum absolute atomic E-state index is 0.104. The van der Waals surface area contributed by atoms with Gasteiger partial charge in [-0.2, -0.15) is 0 Å². The first-order valence-corrected chi connectivity index (χ1v) is 11.5. The maximum atomic E-state index is 12.4. The van der Waals surface area contributed by atoms with Crippen LogP contribution in [0.25, 0.3) is 10.6 Å². The summed E-state index contributed by atoms with van der Waals surface area (Å²) in [5.41, 5.74) is 1.81. The van der Waals surface area contributed by atoms with Gasteiger partial charge in [0.1, 0.15) is 10.0 Å². The average Bonchev–Trinajstić information content (AvgIpc) is 3.32. The van der Waals surface area contributed by atoms with Crippen LogP contribution in [-0.2, 0) is 11.2 Å². The number of hydrogen-bond donors (Lipinski definition) is 1. The van der Waals surface area contributed by atoms with Gasteiger partial charge in [0.15, 0.2) is 0 Å². The zero-order valence-electron chi connectivity index (χ0n) is 14.7. The van der Waals surface area contributed by atoms with Crippen LogP contribution in [0.5, 0.6) is 0 Å². The van der Waals surface area contributed by atoms with Crippen LogP contribution in [0.4, 0.5) is 5.13 Å². The Balaban J connectivity index is 1.36. The van der Waals surface area contributed by atoms with Gasteiger partial charge in [0.2, 0.25) is 11.0 Å². The second-order valence-electron chi connectivity index (χ2n) is 6.66. The Bertz CT molecular complexity index is 933. The van der Waals surface area contributed by atoms with E-state index in [2.05, 4.69) is 36.4 Å². The Hall–Kier alpha value is -1.64. The summed E-state index contributed by atoms with van der Waals surface area (Å²) in [6, 6.07) is 8.00.